The van der Waals surface area contributed by atoms with Gasteiger partial charge in [-0.15, -0.1) is 0 Å². The standard InChI is InChI=1S/C15H29ClO3S/c1-2-3-4-5-9-12-19-13-15(14-20(16,17)18)10-7-6-8-11-15/h2-14H2,1H3. The van der Waals surface area contributed by atoms with Gasteiger partial charge in [0.2, 0.25) is 9.05 Å². The van der Waals surface area contributed by atoms with Crippen molar-refractivity contribution in [2.45, 2.75) is 71.1 Å². The molecule has 1 aliphatic rings. The van der Waals surface area contributed by atoms with Crippen LogP contribution in [0.5, 0.6) is 0 Å². The molecule has 0 saturated heterocycles. The summed E-state index contributed by atoms with van der Waals surface area (Å²) in [5.41, 5.74) is -0.234. The molecule has 0 bridgehead atoms. The van der Waals surface area contributed by atoms with Gasteiger partial charge in [0.05, 0.1) is 12.4 Å². The third-order valence-corrected chi connectivity index (χ3v) is 5.48. The van der Waals surface area contributed by atoms with Crippen LogP contribution in [-0.4, -0.2) is 27.4 Å². The lowest BCUT2D eigenvalue weighted by atomic mass is 9.76. The van der Waals surface area contributed by atoms with Gasteiger partial charge in [0.25, 0.3) is 0 Å². The monoisotopic (exact) mass is 324 g/mol. The average Bonchev–Trinajstić information content (AvgIpc) is 2.37. The Bertz CT molecular complexity index is 348. The van der Waals surface area contributed by atoms with Gasteiger partial charge in [-0.1, -0.05) is 51.9 Å². The Labute approximate surface area is 128 Å². The zero-order valence-electron chi connectivity index (χ0n) is 12.7. The molecule has 0 amide bonds. The zero-order valence-corrected chi connectivity index (χ0v) is 14.3. The van der Waals surface area contributed by atoms with Crippen LogP contribution in [-0.2, 0) is 13.8 Å². The van der Waals surface area contributed by atoms with Crippen molar-refractivity contribution in [1.82, 2.24) is 0 Å². The van der Waals surface area contributed by atoms with E-state index in [9.17, 15) is 8.42 Å². The predicted molar refractivity (Wildman–Crippen MR) is 84.7 cm³/mol. The van der Waals surface area contributed by atoms with Gasteiger partial charge < -0.3 is 4.74 Å². The lowest BCUT2D eigenvalue weighted by Crippen LogP contribution is -2.35. The Morgan fingerprint density at radius 1 is 1.05 bits per heavy atom. The Kier molecular flexibility index (Phi) is 8.45. The number of rotatable bonds is 10. The van der Waals surface area contributed by atoms with E-state index in [2.05, 4.69) is 6.92 Å². The number of hydrogen-bond donors (Lipinski definition) is 0. The first kappa shape index (κ1) is 18.2. The van der Waals surface area contributed by atoms with E-state index < -0.39 is 9.05 Å². The van der Waals surface area contributed by atoms with Crippen LogP contribution in [0.15, 0.2) is 0 Å². The van der Waals surface area contributed by atoms with Gasteiger partial charge in [-0.05, 0) is 19.3 Å². The minimum absolute atomic E-state index is 0.0669. The van der Waals surface area contributed by atoms with Crippen LogP contribution in [0.4, 0.5) is 0 Å². The lowest BCUT2D eigenvalue weighted by Gasteiger charge is -2.36. The third kappa shape index (κ3) is 7.84. The minimum Gasteiger partial charge on any atom is -0.381 e. The highest BCUT2D eigenvalue weighted by atomic mass is 35.7. The first-order valence-corrected chi connectivity index (χ1v) is 10.5. The topological polar surface area (TPSA) is 43.4 Å². The van der Waals surface area contributed by atoms with Crippen LogP contribution in [0.25, 0.3) is 0 Å². The van der Waals surface area contributed by atoms with E-state index in [1.165, 1.54) is 32.1 Å². The van der Waals surface area contributed by atoms with Crippen LogP contribution < -0.4 is 0 Å². The molecule has 0 spiro atoms. The van der Waals surface area contributed by atoms with Crippen molar-refractivity contribution in [3.05, 3.63) is 0 Å². The highest BCUT2D eigenvalue weighted by Crippen LogP contribution is 2.38. The molecule has 0 heterocycles. The summed E-state index contributed by atoms with van der Waals surface area (Å²) in [4.78, 5) is 0. The van der Waals surface area contributed by atoms with E-state index >= 15 is 0 Å². The highest BCUT2D eigenvalue weighted by Gasteiger charge is 2.36. The van der Waals surface area contributed by atoms with Crippen molar-refractivity contribution in [1.29, 1.82) is 0 Å². The maximum atomic E-state index is 11.4. The molecule has 0 aromatic rings. The fourth-order valence-corrected chi connectivity index (χ4v) is 4.89. The van der Waals surface area contributed by atoms with Gasteiger partial charge in [-0.3, -0.25) is 0 Å². The molecule has 5 heteroatoms. The van der Waals surface area contributed by atoms with Crippen LogP contribution in [0.1, 0.15) is 71.1 Å². The van der Waals surface area contributed by atoms with Crippen molar-refractivity contribution < 1.29 is 13.2 Å². The molecule has 0 N–H and O–H groups in total. The fraction of sp³-hybridized carbons (Fsp3) is 1.00. The van der Waals surface area contributed by atoms with Gasteiger partial charge in [0.15, 0.2) is 0 Å². The van der Waals surface area contributed by atoms with Gasteiger partial charge in [-0.25, -0.2) is 8.42 Å². The molecule has 0 aliphatic heterocycles. The zero-order chi connectivity index (χ0) is 14.9. The van der Waals surface area contributed by atoms with Crippen molar-refractivity contribution in [2.24, 2.45) is 5.41 Å². The molecule has 1 rings (SSSR count). The number of halogens is 1. The molecule has 120 valence electrons. The molecule has 1 saturated carbocycles. The Balaban J connectivity index is 2.30. The molecule has 0 aromatic heterocycles. The number of hydrogen-bond acceptors (Lipinski definition) is 3. The Morgan fingerprint density at radius 3 is 2.30 bits per heavy atom. The minimum atomic E-state index is -3.44. The summed E-state index contributed by atoms with van der Waals surface area (Å²) in [6, 6.07) is 0. The van der Waals surface area contributed by atoms with E-state index in [-0.39, 0.29) is 11.2 Å². The van der Waals surface area contributed by atoms with Crippen molar-refractivity contribution in [2.75, 3.05) is 19.0 Å². The lowest BCUT2D eigenvalue weighted by molar-refractivity contribution is 0.0317. The van der Waals surface area contributed by atoms with E-state index in [1.807, 2.05) is 0 Å². The third-order valence-electron chi connectivity index (χ3n) is 4.19. The van der Waals surface area contributed by atoms with Crippen molar-refractivity contribution >= 4 is 19.7 Å². The van der Waals surface area contributed by atoms with Gasteiger partial charge >= 0.3 is 0 Å². The van der Waals surface area contributed by atoms with Crippen LogP contribution in [0.2, 0.25) is 0 Å². The Morgan fingerprint density at radius 2 is 1.70 bits per heavy atom. The molecule has 0 atom stereocenters. The summed E-state index contributed by atoms with van der Waals surface area (Å²) >= 11 is 0. The van der Waals surface area contributed by atoms with Crippen LogP contribution in [0.3, 0.4) is 0 Å². The molecule has 0 aromatic carbocycles. The van der Waals surface area contributed by atoms with Gasteiger partial charge in [0.1, 0.15) is 0 Å². The highest BCUT2D eigenvalue weighted by molar-refractivity contribution is 8.13. The Hall–Kier alpha value is 0.200. The van der Waals surface area contributed by atoms with E-state index in [0.717, 1.165) is 38.7 Å². The molecular formula is C15H29ClO3S. The summed E-state index contributed by atoms with van der Waals surface area (Å²) in [7, 11) is 2.03. The van der Waals surface area contributed by atoms with E-state index in [0.29, 0.717) is 6.61 Å². The quantitative estimate of drug-likeness (QED) is 0.439. The molecule has 0 radical (unpaired) electrons. The van der Waals surface area contributed by atoms with Crippen LogP contribution >= 0.6 is 10.7 Å². The van der Waals surface area contributed by atoms with Gasteiger partial charge in [-0.2, -0.15) is 0 Å². The number of unbranched alkanes of at least 4 members (excludes halogenated alkanes) is 4. The molecule has 1 fully saturated rings. The van der Waals surface area contributed by atoms with Crippen molar-refractivity contribution in [3.8, 4) is 0 Å². The maximum Gasteiger partial charge on any atom is 0.233 e. The maximum absolute atomic E-state index is 11.4. The summed E-state index contributed by atoms with van der Waals surface area (Å²) in [6.45, 7) is 3.50. The summed E-state index contributed by atoms with van der Waals surface area (Å²) in [6.07, 6.45) is 11.3. The summed E-state index contributed by atoms with van der Waals surface area (Å²) in [5.74, 6) is 0.0669. The molecule has 3 nitrogen and oxygen atoms in total. The second kappa shape index (κ2) is 9.26. The second-order valence-electron chi connectivity index (χ2n) is 6.21. The SMILES string of the molecule is CCCCCCCOCC1(CS(=O)(=O)Cl)CCCCC1. The van der Waals surface area contributed by atoms with Gasteiger partial charge in [0, 0.05) is 22.7 Å². The number of ether oxygens (including phenoxy) is 1. The van der Waals surface area contributed by atoms with E-state index in [1.54, 1.807) is 0 Å². The summed E-state index contributed by atoms with van der Waals surface area (Å²) < 4.78 is 28.6. The first-order valence-electron chi connectivity index (χ1n) is 7.97. The fourth-order valence-electron chi connectivity index (χ4n) is 3.09. The second-order valence-corrected chi connectivity index (χ2v) is 8.99. The van der Waals surface area contributed by atoms with E-state index in [4.69, 9.17) is 15.4 Å². The molecule has 0 unspecified atom stereocenters. The molecular weight excluding hydrogens is 296 g/mol. The molecule has 20 heavy (non-hydrogen) atoms. The average molecular weight is 325 g/mol. The smallest absolute Gasteiger partial charge is 0.233 e. The molecule has 1 aliphatic carbocycles. The first-order chi connectivity index (χ1) is 9.47. The van der Waals surface area contributed by atoms with Crippen molar-refractivity contribution in [3.63, 3.8) is 0 Å². The largest absolute Gasteiger partial charge is 0.381 e. The normalized spacial score (nSPS) is 19.1. The summed E-state index contributed by atoms with van der Waals surface area (Å²) in [5, 5.41) is 0. The van der Waals surface area contributed by atoms with Crippen LogP contribution in [0, 0.1) is 5.41 Å². The predicted octanol–water partition coefficient (Wildman–Crippen LogP) is 4.49.